The summed E-state index contributed by atoms with van der Waals surface area (Å²) in [6.07, 6.45) is 4.52. The molecule has 74 heavy (non-hydrogen) atoms. The molecule has 7 heterocycles. The molecule has 0 spiro atoms. The third-order valence-corrected chi connectivity index (χ3v) is 12.4. The Balaban J connectivity index is 0.000000184. The van der Waals surface area contributed by atoms with Gasteiger partial charge in [0.2, 0.25) is 0 Å². The van der Waals surface area contributed by atoms with Crippen LogP contribution >= 0.6 is 34.8 Å². The molecular weight excluding hydrogens is 1020 g/mol. The Morgan fingerprint density at radius 3 is 1.41 bits per heavy atom. The van der Waals surface area contributed by atoms with Crippen molar-refractivity contribution in [2.75, 3.05) is 11.1 Å². The number of aryl methyl sites for hydroxylation is 7. The second-order valence-electron chi connectivity index (χ2n) is 17.9. The monoisotopic (exact) mass is 1080 g/mol. The fourth-order valence-corrected chi connectivity index (χ4v) is 7.65. The van der Waals surface area contributed by atoms with Gasteiger partial charge in [0.25, 0.3) is 0 Å². The van der Waals surface area contributed by atoms with Crippen molar-refractivity contribution < 1.29 is 27.2 Å². The van der Waals surface area contributed by atoms with E-state index in [1.54, 1.807) is 17.1 Å². The largest absolute Gasteiger partial charge is 0.573 e. The van der Waals surface area contributed by atoms with Crippen molar-refractivity contribution in [3.8, 4) is 28.3 Å². The van der Waals surface area contributed by atoms with Gasteiger partial charge < -0.3 is 25.1 Å². The highest BCUT2D eigenvalue weighted by Crippen LogP contribution is 2.37. The van der Waals surface area contributed by atoms with Gasteiger partial charge in [-0.3, -0.25) is 29.0 Å². The molecule has 24 heteroatoms. The van der Waals surface area contributed by atoms with E-state index in [-0.39, 0.29) is 24.1 Å². The Bertz CT molecular complexity index is 3090. The van der Waals surface area contributed by atoms with Crippen molar-refractivity contribution in [1.82, 2.24) is 59.2 Å². The SMILES string of the molecule is Cc1ccc(N)cc1.Cc1nn(C)c(C)c1-c1cncc(Cl)n1.Cc1nn(C)c(C)c1-c1cncc(Nc2ccc(OC(F)(F)F)cc2)n1.Cc1nn(C)c(C)c1B1OC(C)(C)C(C)(C)O1.Clc1cncc(Cl)n1. The van der Waals surface area contributed by atoms with Crippen LogP contribution in [0.1, 0.15) is 67.4 Å². The van der Waals surface area contributed by atoms with Crippen LogP contribution in [0.25, 0.3) is 22.5 Å². The summed E-state index contributed by atoms with van der Waals surface area (Å²) < 4.78 is 58.0. The van der Waals surface area contributed by atoms with Gasteiger partial charge in [-0.2, -0.15) is 15.3 Å². The van der Waals surface area contributed by atoms with Crippen molar-refractivity contribution in [3.63, 3.8) is 0 Å². The van der Waals surface area contributed by atoms with Crippen molar-refractivity contribution in [2.45, 2.75) is 93.7 Å². The molecule has 0 unspecified atom stereocenters. The first-order valence-corrected chi connectivity index (χ1v) is 23.9. The van der Waals surface area contributed by atoms with Crippen molar-refractivity contribution in [2.24, 2.45) is 21.1 Å². The summed E-state index contributed by atoms with van der Waals surface area (Å²) in [5.74, 6) is 0.180. The standard InChI is InChI=1S/C17H16F3N5O.C12H21BN2O2.C10H11ClN4.C7H9N.C4H2Cl2N2/c1-10-16(11(2)25(3)24-10)14-8-21-9-15(23-14)22-12-4-6-13(7-5-12)26-17(18,19)20;1-8-10(9(2)15(7)14-8)13-16-11(3,4)12(5,6)17-13;1-6-10(7(2)15(3)14-6)8-4-12-5-9(11)13-8;1-6-2-4-7(8)5-3-6;5-3-1-7-2-4(6)8-3/h4-9H,1-3H3,(H,22,23);1-7H3;4-5H,1-3H3;2-5H,8H2,1H3;1-2H. The van der Waals surface area contributed by atoms with Gasteiger partial charge in [0.15, 0.2) is 0 Å². The van der Waals surface area contributed by atoms with E-state index in [9.17, 15) is 13.2 Å². The fourth-order valence-electron chi connectivity index (χ4n) is 7.16. The lowest BCUT2D eigenvalue weighted by molar-refractivity contribution is -0.274. The molecule has 1 aliphatic rings. The summed E-state index contributed by atoms with van der Waals surface area (Å²) in [4.78, 5) is 24.2. The smallest absolute Gasteiger partial charge is 0.406 e. The van der Waals surface area contributed by atoms with E-state index in [0.29, 0.717) is 32.7 Å². The van der Waals surface area contributed by atoms with Crippen LogP contribution in [-0.4, -0.2) is 83.9 Å². The molecule has 8 aromatic rings. The quantitative estimate of drug-likeness (QED) is 0.118. The fraction of sp³-hybridized carbons (Fsp3) is 0.340. The third kappa shape index (κ3) is 15.7. The maximum Gasteiger partial charge on any atom is 0.573 e. The van der Waals surface area contributed by atoms with Gasteiger partial charge in [0.1, 0.15) is 27.0 Å². The van der Waals surface area contributed by atoms with Gasteiger partial charge >= 0.3 is 13.5 Å². The molecule has 6 aromatic heterocycles. The summed E-state index contributed by atoms with van der Waals surface area (Å²) in [6, 6.07) is 13.2. The number of nitrogens with one attached hydrogen (secondary N) is 1. The average Bonchev–Trinajstić information content (AvgIpc) is 3.91. The first kappa shape index (κ1) is 58.2. The zero-order chi connectivity index (χ0) is 54.9. The van der Waals surface area contributed by atoms with E-state index >= 15 is 0 Å². The van der Waals surface area contributed by atoms with Crippen LogP contribution in [0.2, 0.25) is 15.5 Å². The second kappa shape index (κ2) is 24.6. The lowest BCUT2D eigenvalue weighted by Crippen LogP contribution is -2.41. The molecule has 1 saturated heterocycles. The van der Waals surface area contributed by atoms with Crippen LogP contribution in [-0.2, 0) is 30.5 Å². The molecule has 0 amide bonds. The Morgan fingerprint density at radius 1 is 0.581 bits per heavy atom. The Kier molecular flexibility index (Phi) is 19.4. The van der Waals surface area contributed by atoms with Crippen LogP contribution in [0.4, 0.5) is 30.4 Å². The molecule has 9 rings (SSSR count). The summed E-state index contributed by atoms with van der Waals surface area (Å²) in [5, 5.41) is 17.1. The number of halogens is 6. The third-order valence-electron chi connectivity index (χ3n) is 11.8. The van der Waals surface area contributed by atoms with Gasteiger partial charge in [-0.15, -0.1) is 13.2 Å². The van der Waals surface area contributed by atoms with Gasteiger partial charge in [-0.25, -0.2) is 15.0 Å². The van der Waals surface area contributed by atoms with Crippen LogP contribution in [0.5, 0.6) is 5.75 Å². The number of aromatic nitrogens is 12. The first-order chi connectivity index (χ1) is 34.5. The van der Waals surface area contributed by atoms with Crippen LogP contribution < -0.4 is 21.3 Å². The molecule has 392 valence electrons. The number of nitrogen functional groups attached to an aromatic ring is 1. The minimum atomic E-state index is -4.71. The number of anilines is 3. The number of nitrogens with two attached hydrogens (primary N) is 1. The van der Waals surface area contributed by atoms with Crippen LogP contribution in [0, 0.1) is 48.5 Å². The molecule has 0 atom stereocenters. The van der Waals surface area contributed by atoms with Gasteiger partial charge in [-0.1, -0.05) is 52.5 Å². The minimum absolute atomic E-state index is 0.288. The highest BCUT2D eigenvalue weighted by molar-refractivity contribution is 6.63. The molecule has 0 saturated carbocycles. The molecular formula is C50H59BCl3F3N14O3. The van der Waals surface area contributed by atoms with Crippen molar-refractivity contribution in [3.05, 3.63) is 141 Å². The lowest BCUT2D eigenvalue weighted by atomic mass is 9.77. The Labute approximate surface area is 444 Å². The number of ether oxygens (including phenoxy) is 1. The van der Waals surface area contributed by atoms with E-state index < -0.39 is 6.36 Å². The molecule has 0 bridgehead atoms. The van der Waals surface area contributed by atoms with Gasteiger partial charge in [-0.05, 0) is 113 Å². The number of hydrogen-bond acceptors (Lipinski definition) is 14. The van der Waals surface area contributed by atoms with E-state index in [4.69, 9.17) is 49.8 Å². The van der Waals surface area contributed by atoms with Crippen LogP contribution in [0.15, 0.2) is 85.7 Å². The normalized spacial score (nSPS) is 13.3. The molecule has 1 fully saturated rings. The first-order valence-electron chi connectivity index (χ1n) is 22.8. The van der Waals surface area contributed by atoms with E-state index in [1.165, 1.54) is 54.6 Å². The summed E-state index contributed by atoms with van der Waals surface area (Å²) in [5.41, 5.74) is 17.7. The number of nitrogens with zero attached hydrogens (tertiary/aromatic N) is 12. The lowest BCUT2D eigenvalue weighted by Gasteiger charge is -2.32. The number of benzene rings is 2. The van der Waals surface area contributed by atoms with E-state index in [0.717, 1.165) is 62.1 Å². The average molecular weight is 1080 g/mol. The van der Waals surface area contributed by atoms with Gasteiger partial charge in [0.05, 0.1) is 76.9 Å². The number of alkyl halides is 3. The summed E-state index contributed by atoms with van der Waals surface area (Å²) >= 11 is 16.6. The van der Waals surface area contributed by atoms with Crippen molar-refractivity contribution >= 4 is 64.6 Å². The highest BCUT2D eigenvalue weighted by Gasteiger charge is 2.53. The predicted octanol–water partition coefficient (Wildman–Crippen LogP) is 11.0. The van der Waals surface area contributed by atoms with Crippen molar-refractivity contribution in [1.29, 1.82) is 0 Å². The maximum atomic E-state index is 12.2. The molecule has 17 nitrogen and oxygen atoms in total. The number of hydrogen-bond donors (Lipinski definition) is 2. The molecule has 1 aliphatic heterocycles. The zero-order valence-corrected chi connectivity index (χ0v) is 45.9. The predicted molar refractivity (Wildman–Crippen MR) is 285 cm³/mol. The van der Waals surface area contributed by atoms with Crippen LogP contribution in [0.3, 0.4) is 0 Å². The Morgan fingerprint density at radius 2 is 1.01 bits per heavy atom. The van der Waals surface area contributed by atoms with E-state index in [1.807, 2.05) is 103 Å². The summed E-state index contributed by atoms with van der Waals surface area (Å²) in [7, 11) is 5.39. The molecule has 3 N–H and O–H groups in total. The number of rotatable bonds is 6. The highest BCUT2D eigenvalue weighted by atomic mass is 35.5. The van der Waals surface area contributed by atoms with Gasteiger partial charge in [0, 0.05) is 66.2 Å². The molecule has 2 aromatic carbocycles. The second-order valence-corrected chi connectivity index (χ2v) is 19.1. The zero-order valence-electron chi connectivity index (χ0n) is 43.6. The topological polar surface area (TPSA) is 197 Å². The minimum Gasteiger partial charge on any atom is -0.406 e. The van der Waals surface area contributed by atoms with E-state index in [2.05, 4.69) is 82.9 Å². The maximum absolute atomic E-state index is 12.2. The molecule has 0 radical (unpaired) electrons. The Hall–Kier alpha value is -6.65. The summed E-state index contributed by atoms with van der Waals surface area (Å²) in [6.45, 7) is 22.1. The molecule has 0 aliphatic carbocycles.